The molecular weight excluding hydrogens is 254 g/mol. The van der Waals surface area contributed by atoms with E-state index in [2.05, 4.69) is 4.98 Å². The maximum absolute atomic E-state index is 13.5. The highest BCUT2D eigenvalue weighted by Crippen LogP contribution is 2.21. The molecule has 0 aromatic carbocycles. The van der Waals surface area contributed by atoms with Gasteiger partial charge in [0, 0.05) is 13.1 Å². The largest absolute Gasteiger partial charge is 0.378 e. The van der Waals surface area contributed by atoms with Crippen LogP contribution in [-0.2, 0) is 10.6 Å². The Bertz CT molecular complexity index is 346. The van der Waals surface area contributed by atoms with Gasteiger partial charge in [0.2, 0.25) is 0 Å². The third-order valence-corrected chi connectivity index (χ3v) is 2.65. The number of halogens is 3. The summed E-state index contributed by atoms with van der Waals surface area (Å²) in [7, 11) is 0. The number of alkyl halides is 1. The average Bonchev–Trinajstić information content (AvgIpc) is 2.31. The van der Waals surface area contributed by atoms with Gasteiger partial charge in [-0.3, -0.25) is 4.98 Å². The van der Waals surface area contributed by atoms with Crippen molar-refractivity contribution < 1.29 is 9.13 Å². The Morgan fingerprint density at radius 2 is 2.12 bits per heavy atom. The van der Waals surface area contributed by atoms with Crippen molar-refractivity contribution >= 4 is 29.7 Å². The summed E-state index contributed by atoms with van der Waals surface area (Å²) in [5.41, 5.74) is 1.27. The first-order valence-corrected chi connectivity index (χ1v) is 5.38. The van der Waals surface area contributed by atoms with Gasteiger partial charge in [-0.15, -0.1) is 24.0 Å². The zero-order valence-corrected chi connectivity index (χ0v) is 10.2. The van der Waals surface area contributed by atoms with Gasteiger partial charge in [-0.2, -0.15) is 0 Å². The van der Waals surface area contributed by atoms with Gasteiger partial charge in [-0.25, -0.2) is 4.39 Å². The van der Waals surface area contributed by atoms with Crippen LogP contribution in [0.3, 0.4) is 0 Å². The lowest BCUT2D eigenvalue weighted by Crippen LogP contribution is -2.36. The van der Waals surface area contributed by atoms with Gasteiger partial charge in [0.15, 0.2) is 5.82 Å². The second kappa shape index (κ2) is 6.23. The molecule has 90 valence electrons. The van der Waals surface area contributed by atoms with Gasteiger partial charge in [-0.05, 0) is 6.07 Å². The maximum atomic E-state index is 13.5. The van der Waals surface area contributed by atoms with E-state index in [1.54, 1.807) is 6.07 Å². The number of anilines is 1. The topological polar surface area (TPSA) is 25.4 Å². The number of morpholine rings is 1. The lowest BCUT2D eigenvalue weighted by Gasteiger charge is -2.29. The van der Waals surface area contributed by atoms with Crippen LogP contribution < -0.4 is 4.90 Å². The molecule has 0 unspecified atom stereocenters. The number of hydrogen-bond donors (Lipinski definition) is 0. The third kappa shape index (κ3) is 2.97. The second-order valence-electron chi connectivity index (χ2n) is 3.36. The maximum Gasteiger partial charge on any atom is 0.164 e. The molecule has 2 rings (SSSR count). The first-order valence-electron chi connectivity index (χ1n) is 4.84. The van der Waals surface area contributed by atoms with Crippen LogP contribution in [0, 0.1) is 5.82 Å². The molecule has 16 heavy (non-hydrogen) atoms. The highest BCUT2D eigenvalue weighted by Gasteiger charge is 2.15. The van der Waals surface area contributed by atoms with Gasteiger partial charge in [0.1, 0.15) is 0 Å². The standard InChI is InChI=1S/C10H12ClFN2O.ClH/c11-6-8-5-10(9(12)7-13-8)14-1-3-15-4-2-14;/h5,7H,1-4,6H2;1H. The first kappa shape index (κ1) is 13.5. The summed E-state index contributed by atoms with van der Waals surface area (Å²) in [6.45, 7) is 2.70. The fourth-order valence-corrected chi connectivity index (χ4v) is 1.74. The van der Waals surface area contributed by atoms with Crippen molar-refractivity contribution in [1.29, 1.82) is 0 Å². The normalized spacial score (nSPS) is 15.8. The molecule has 1 aliphatic rings. The summed E-state index contributed by atoms with van der Waals surface area (Å²) in [6, 6.07) is 1.70. The minimum Gasteiger partial charge on any atom is -0.378 e. The molecule has 0 saturated carbocycles. The Balaban J connectivity index is 0.00000128. The fraction of sp³-hybridized carbons (Fsp3) is 0.500. The Hall–Kier alpha value is -0.580. The van der Waals surface area contributed by atoms with Crippen LogP contribution in [0.5, 0.6) is 0 Å². The van der Waals surface area contributed by atoms with Crippen molar-refractivity contribution in [2.75, 3.05) is 31.2 Å². The van der Waals surface area contributed by atoms with Crippen molar-refractivity contribution in [3.05, 3.63) is 23.8 Å². The van der Waals surface area contributed by atoms with Gasteiger partial charge in [-0.1, -0.05) is 0 Å². The van der Waals surface area contributed by atoms with Crippen molar-refractivity contribution in [3.63, 3.8) is 0 Å². The van der Waals surface area contributed by atoms with E-state index in [4.69, 9.17) is 16.3 Å². The Labute approximate surface area is 105 Å². The second-order valence-corrected chi connectivity index (χ2v) is 3.63. The minimum atomic E-state index is -0.300. The summed E-state index contributed by atoms with van der Waals surface area (Å²) >= 11 is 5.66. The number of hydrogen-bond acceptors (Lipinski definition) is 3. The fourth-order valence-electron chi connectivity index (χ4n) is 1.59. The predicted octanol–water partition coefficient (Wildman–Crippen LogP) is 2.22. The Morgan fingerprint density at radius 1 is 1.44 bits per heavy atom. The molecule has 0 bridgehead atoms. The van der Waals surface area contributed by atoms with Crippen molar-refractivity contribution in [2.24, 2.45) is 0 Å². The van der Waals surface area contributed by atoms with Crippen LogP contribution >= 0.6 is 24.0 Å². The minimum absolute atomic E-state index is 0. The summed E-state index contributed by atoms with van der Waals surface area (Å²) in [4.78, 5) is 5.84. The monoisotopic (exact) mass is 266 g/mol. The number of ether oxygens (including phenoxy) is 1. The van der Waals surface area contributed by atoms with E-state index in [1.165, 1.54) is 6.20 Å². The molecule has 1 saturated heterocycles. The van der Waals surface area contributed by atoms with E-state index in [-0.39, 0.29) is 18.2 Å². The smallest absolute Gasteiger partial charge is 0.164 e. The third-order valence-electron chi connectivity index (χ3n) is 2.38. The van der Waals surface area contributed by atoms with Crippen LogP contribution in [0.25, 0.3) is 0 Å². The molecule has 3 nitrogen and oxygen atoms in total. The molecule has 1 fully saturated rings. The van der Waals surface area contributed by atoms with E-state index in [0.29, 0.717) is 43.6 Å². The van der Waals surface area contributed by atoms with Gasteiger partial charge < -0.3 is 9.64 Å². The van der Waals surface area contributed by atoms with Crippen molar-refractivity contribution in [1.82, 2.24) is 4.98 Å². The van der Waals surface area contributed by atoms with E-state index >= 15 is 0 Å². The van der Waals surface area contributed by atoms with E-state index in [1.807, 2.05) is 4.90 Å². The zero-order valence-electron chi connectivity index (χ0n) is 8.66. The lowest BCUT2D eigenvalue weighted by atomic mass is 10.2. The van der Waals surface area contributed by atoms with Crippen LogP contribution in [0.15, 0.2) is 12.3 Å². The molecule has 0 spiro atoms. The summed E-state index contributed by atoms with van der Waals surface area (Å²) in [5.74, 6) is 0.00298. The van der Waals surface area contributed by atoms with Crippen LogP contribution in [-0.4, -0.2) is 31.3 Å². The van der Waals surface area contributed by atoms with Crippen LogP contribution in [0.4, 0.5) is 10.1 Å². The molecule has 6 heteroatoms. The zero-order chi connectivity index (χ0) is 10.7. The molecule has 0 N–H and O–H groups in total. The number of aromatic nitrogens is 1. The molecule has 1 aliphatic heterocycles. The number of pyridine rings is 1. The molecule has 0 amide bonds. The molecule has 1 aromatic rings. The predicted molar refractivity (Wildman–Crippen MR) is 64.0 cm³/mol. The summed E-state index contributed by atoms with van der Waals surface area (Å²) in [5, 5.41) is 0. The van der Waals surface area contributed by atoms with Gasteiger partial charge >= 0.3 is 0 Å². The Morgan fingerprint density at radius 3 is 2.75 bits per heavy atom. The molecule has 1 aromatic heterocycles. The number of rotatable bonds is 2. The van der Waals surface area contributed by atoms with E-state index in [9.17, 15) is 4.39 Å². The van der Waals surface area contributed by atoms with E-state index < -0.39 is 0 Å². The van der Waals surface area contributed by atoms with Crippen LogP contribution in [0.1, 0.15) is 5.69 Å². The first-order chi connectivity index (χ1) is 7.31. The quantitative estimate of drug-likeness (QED) is 0.768. The van der Waals surface area contributed by atoms with Gasteiger partial charge in [0.05, 0.1) is 36.7 Å². The highest BCUT2D eigenvalue weighted by molar-refractivity contribution is 6.16. The SMILES string of the molecule is Cl.Fc1cnc(CCl)cc1N1CCOCC1. The van der Waals surface area contributed by atoms with E-state index in [0.717, 1.165) is 0 Å². The molecular formula is C10H13Cl2FN2O. The average molecular weight is 267 g/mol. The van der Waals surface area contributed by atoms with Crippen LogP contribution in [0.2, 0.25) is 0 Å². The van der Waals surface area contributed by atoms with Crippen molar-refractivity contribution in [2.45, 2.75) is 5.88 Å². The highest BCUT2D eigenvalue weighted by atomic mass is 35.5. The van der Waals surface area contributed by atoms with Gasteiger partial charge in [0.25, 0.3) is 0 Å². The number of nitrogens with zero attached hydrogens (tertiary/aromatic N) is 2. The van der Waals surface area contributed by atoms with Crippen molar-refractivity contribution in [3.8, 4) is 0 Å². The molecule has 0 atom stereocenters. The molecule has 2 heterocycles. The molecule has 0 radical (unpaired) electrons. The summed E-state index contributed by atoms with van der Waals surface area (Å²) in [6.07, 6.45) is 1.22. The lowest BCUT2D eigenvalue weighted by molar-refractivity contribution is 0.122. The molecule has 0 aliphatic carbocycles. The Kier molecular flexibility index (Phi) is 5.25. The summed E-state index contributed by atoms with van der Waals surface area (Å²) < 4.78 is 18.7.